The fourth-order valence-electron chi connectivity index (χ4n) is 1.95. The molecule has 1 N–H and O–H groups in total. The smallest absolute Gasteiger partial charge is 0.218 e. The highest BCUT2D eigenvalue weighted by Gasteiger charge is 2.04. The van der Waals surface area contributed by atoms with Gasteiger partial charge in [0.2, 0.25) is 5.88 Å². The molecule has 0 aliphatic carbocycles. The molecule has 0 bridgehead atoms. The molecule has 0 saturated carbocycles. The molecule has 0 atom stereocenters. The van der Waals surface area contributed by atoms with Crippen molar-refractivity contribution in [2.24, 2.45) is 0 Å². The Kier molecular flexibility index (Phi) is 4.90. The Balaban J connectivity index is 2.10. The van der Waals surface area contributed by atoms with Gasteiger partial charge >= 0.3 is 0 Å². The second-order valence-corrected chi connectivity index (χ2v) is 4.40. The van der Waals surface area contributed by atoms with Crippen LogP contribution in [0, 0.1) is 6.92 Å². The quantitative estimate of drug-likeness (QED) is 0.876. The molecule has 5 heteroatoms. The van der Waals surface area contributed by atoms with Crippen LogP contribution >= 0.6 is 0 Å². The van der Waals surface area contributed by atoms with Crippen molar-refractivity contribution in [1.29, 1.82) is 0 Å². The molecular weight excluding hydrogens is 254 g/mol. The van der Waals surface area contributed by atoms with Crippen molar-refractivity contribution < 1.29 is 9.47 Å². The van der Waals surface area contributed by atoms with Gasteiger partial charge in [0.05, 0.1) is 13.7 Å². The SMILES string of the molecule is COCc1ccccc1CNc1cc(OC)nc(C)n1. The maximum atomic E-state index is 5.20. The zero-order chi connectivity index (χ0) is 14.4. The molecule has 1 heterocycles. The maximum absolute atomic E-state index is 5.20. The number of ether oxygens (including phenoxy) is 2. The van der Waals surface area contributed by atoms with E-state index in [0.29, 0.717) is 24.9 Å². The molecule has 0 spiro atoms. The number of aromatic nitrogens is 2. The topological polar surface area (TPSA) is 56.3 Å². The first kappa shape index (κ1) is 14.3. The highest BCUT2D eigenvalue weighted by Crippen LogP contribution is 2.15. The fourth-order valence-corrected chi connectivity index (χ4v) is 1.95. The van der Waals surface area contributed by atoms with Gasteiger partial charge in [0.15, 0.2) is 0 Å². The zero-order valence-electron chi connectivity index (χ0n) is 12.0. The Hall–Kier alpha value is -2.14. The molecule has 1 aromatic heterocycles. The van der Waals surface area contributed by atoms with E-state index in [4.69, 9.17) is 9.47 Å². The van der Waals surface area contributed by atoms with Crippen molar-refractivity contribution in [3.05, 3.63) is 47.3 Å². The van der Waals surface area contributed by atoms with Gasteiger partial charge in [-0.2, -0.15) is 4.98 Å². The van der Waals surface area contributed by atoms with Crippen LogP contribution < -0.4 is 10.1 Å². The van der Waals surface area contributed by atoms with Crippen molar-refractivity contribution >= 4 is 5.82 Å². The number of benzene rings is 1. The maximum Gasteiger partial charge on any atom is 0.218 e. The minimum atomic E-state index is 0.560. The van der Waals surface area contributed by atoms with Crippen LogP contribution in [0.5, 0.6) is 5.88 Å². The Morgan fingerprint density at radius 2 is 1.85 bits per heavy atom. The minimum Gasteiger partial charge on any atom is -0.481 e. The van der Waals surface area contributed by atoms with E-state index in [-0.39, 0.29) is 0 Å². The standard InChI is InChI=1S/C15H19N3O2/c1-11-17-14(8-15(18-11)20-3)16-9-12-6-4-5-7-13(12)10-19-2/h4-8H,9-10H2,1-3H3,(H,16,17,18). The van der Waals surface area contributed by atoms with E-state index in [9.17, 15) is 0 Å². The van der Waals surface area contributed by atoms with E-state index in [1.165, 1.54) is 11.1 Å². The molecule has 106 valence electrons. The molecule has 5 nitrogen and oxygen atoms in total. The second-order valence-electron chi connectivity index (χ2n) is 4.40. The summed E-state index contributed by atoms with van der Waals surface area (Å²) in [6.45, 7) is 3.12. The Morgan fingerprint density at radius 1 is 1.10 bits per heavy atom. The third-order valence-electron chi connectivity index (χ3n) is 2.90. The van der Waals surface area contributed by atoms with Gasteiger partial charge in [-0.05, 0) is 18.1 Å². The molecule has 0 saturated heterocycles. The van der Waals surface area contributed by atoms with Gasteiger partial charge in [0.25, 0.3) is 0 Å². The lowest BCUT2D eigenvalue weighted by atomic mass is 10.1. The highest BCUT2D eigenvalue weighted by atomic mass is 16.5. The van der Waals surface area contributed by atoms with Crippen LogP contribution in [-0.4, -0.2) is 24.2 Å². The van der Waals surface area contributed by atoms with E-state index in [1.54, 1.807) is 20.3 Å². The lowest BCUT2D eigenvalue weighted by Crippen LogP contribution is -2.06. The van der Waals surface area contributed by atoms with Crippen molar-refractivity contribution in [3.63, 3.8) is 0 Å². The molecule has 0 amide bonds. The van der Waals surface area contributed by atoms with Crippen LogP contribution in [0.15, 0.2) is 30.3 Å². The largest absolute Gasteiger partial charge is 0.481 e. The average molecular weight is 273 g/mol. The summed E-state index contributed by atoms with van der Waals surface area (Å²) in [6.07, 6.45) is 0. The predicted molar refractivity (Wildman–Crippen MR) is 77.8 cm³/mol. The molecular formula is C15H19N3O2. The normalized spacial score (nSPS) is 10.3. The summed E-state index contributed by atoms with van der Waals surface area (Å²) in [5.74, 6) is 1.99. The number of nitrogens with one attached hydrogen (secondary N) is 1. The van der Waals surface area contributed by atoms with E-state index in [2.05, 4.69) is 27.4 Å². The molecule has 0 aliphatic heterocycles. The first-order chi connectivity index (χ1) is 9.72. The fraction of sp³-hybridized carbons (Fsp3) is 0.333. The van der Waals surface area contributed by atoms with Crippen molar-refractivity contribution in [3.8, 4) is 5.88 Å². The Morgan fingerprint density at radius 3 is 2.55 bits per heavy atom. The molecule has 0 aliphatic rings. The molecule has 2 aromatic rings. The number of hydrogen-bond donors (Lipinski definition) is 1. The third-order valence-corrected chi connectivity index (χ3v) is 2.90. The van der Waals surface area contributed by atoms with Crippen LogP contribution in [0.1, 0.15) is 17.0 Å². The van der Waals surface area contributed by atoms with Crippen LogP contribution in [0.4, 0.5) is 5.82 Å². The Labute approximate surface area is 119 Å². The van der Waals surface area contributed by atoms with Gasteiger partial charge < -0.3 is 14.8 Å². The van der Waals surface area contributed by atoms with E-state index >= 15 is 0 Å². The highest BCUT2D eigenvalue weighted by molar-refractivity contribution is 5.40. The second kappa shape index (κ2) is 6.86. The zero-order valence-corrected chi connectivity index (χ0v) is 12.0. The van der Waals surface area contributed by atoms with Crippen molar-refractivity contribution in [2.45, 2.75) is 20.1 Å². The lowest BCUT2D eigenvalue weighted by molar-refractivity contribution is 0.184. The molecule has 2 rings (SSSR count). The first-order valence-electron chi connectivity index (χ1n) is 6.42. The average Bonchev–Trinajstić information content (AvgIpc) is 2.46. The summed E-state index contributed by atoms with van der Waals surface area (Å²) >= 11 is 0. The van der Waals surface area contributed by atoms with Crippen molar-refractivity contribution in [1.82, 2.24) is 9.97 Å². The number of rotatable bonds is 6. The number of methoxy groups -OCH3 is 2. The number of hydrogen-bond acceptors (Lipinski definition) is 5. The van der Waals surface area contributed by atoms with Crippen LogP contribution in [0.2, 0.25) is 0 Å². The third kappa shape index (κ3) is 3.68. The summed E-state index contributed by atoms with van der Waals surface area (Å²) in [6, 6.07) is 9.95. The Bertz CT molecular complexity index is 573. The lowest BCUT2D eigenvalue weighted by Gasteiger charge is -2.11. The first-order valence-corrected chi connectivity index (χ1v) is 6.42. The number of anilines is 1. The summed E-state index contributed by atoms with van der Waals surface area (Å²) in [5.41, 5.74) is 2.35. The summed E-state index contributed by atoms with van der Waals surface area (Å²) in [5, 5.41) is 3.29. The summed E-state index contributed by atoms with van der Waals surface area (Å²) in [7, 11) is 3.29. The summed E-state index contributed by atoms with van der Waals surface area (Å²) < 4.78 is 10.3. The molecule has 0 fully saturated rings. The van der Waals surface area contributed by atoms with Gasteiger partial charge in [-0.3, -0.25) is 0 Å². The molecule has 20 heavy (non-hydrogen) atoms. The monoisotopic (exact) mass is 273 g/mol. The number of nitrogens with zero attached hydrogens (tertiary/aromatic N) is 2. The van der Waals surface area contributed by atoms with Gasteiger partial charge in [0.1, 0.15) is 11.6 Å². The van der Waals surface area contributed by atoms with Gasteiger partial charge in [-0.15, -0.1) is 0 Å². The summed E-state index contributed by atoms with van der Waals surface area (Å²) in [4.78, 5) is 8.50. The van der Waals surface area contributed by atoms with Crippen LogP contribution in [-0.2, 0) is 17.9 Å². The minimum absolute atomic E-state index is 0.560. The van der Waals surface area contributed by atoms with Crippen molar-refractivity contribution in [2.75, 3.05) is 19.5 Å². The van der Waals surface area contributed by atoms with E-state index in [1.807, 2.05) is 19.1 Å². The molecule has 0 unspecified atom stereocenters. The molecule has 1 aromatic carbocycles. The number of aryl methyl sites for hydroxylation is 1. The van der Waals surface area contributed by atoms with E-state index < -0.39 is 0 Å². The van der Waals surface area contributed by atoms with E-state index in [0.717, 1.165) is 5.82 Å². The molecule has 0 radical (unpaired) electrons. The predicted octanol–water partition coefficient (Wildman–Crippen LogP) is 2.55. The van der Waals surface area contributed by atoms with Gasteiger partial charge in [-0.25, -0.2) is 4.98 Å². The van der Waals surface area contributed by atoms with Gasteiger partial charge in [-0.1, -0.05) is 24.3 Å². The van der Waals surface area contributed by atoms with Crippen LogP contribution in [0.3, 0.4) is 0 Å². The van der Waals surface area contributed by atoms with Crippen LogP contribution in [0.25, 0.3) is 0 Å². The van der Waals surface area contributed by atoms with Gasteiger partial charge in [0, 0.05) is 19.7 Å².